The van der Waals surface area contributed by atoms with E-state index < -0.39 is 5.97 Å². The number of rotatable bonds is 3. The van der Waals surface area contributed by atoms with Crippen LogP contribution < -0.4 is 0 Å². The lowest BCUT2D eigenvalue weighted by Gasteiger charge is -2.35. The van der Waals surface area contributed by atoms with E-state index in [0.29, 0.717) is 13.1 Å². The molecule has 2 rings (SSSR count). The second kappa shape index (κ2) is 5.37. The van der Waals surface area contributed by atoms with Crippen LogP contribution in [0.3, 0.4) is 0 Å². The number of hydrogen-bond donors (Lipinski definition) is 1. The average molecular weight is 259 g/mol. The number of nitriles is 1. The molecule has 0 aliphatic carbocycles. The number of likely N-dealkylation sites (tertiary alicyclic amines) is 1. The summed E-state index contributed by atoms with van der Waals surface area (Å²) < 4.78 is 0. The Bertz CT molecular complexity index is 524. The molecule has 0 amide bonds. The lowest BCUT2D eigenvalue weighted by Crippen LogP contribution is -2.40. The van der Waals surface area contributed by atoms with Gasteiger partial charge in [0.1, 0.15) is 5.69 Å². The number of hydrogen-bond acceptors (Lipinski definition) is 4. The lowest BCUT2D eigenvalue weighted by atomic mass is 9.83. The van der Waals surface area contributed by atoms with E-state index in [-0.39, 0.29) is 11.1 Å². The molecule has 1 aliphatic heterocycles. The first-order valence-electron chi connectivity index (χ1n) is 6.35. The average Bonchev–Trinajstić information content (AvgIpc) is 2.39. The van der Waals surface area contributed by atoms with Crippen molar-refractivity contribution in [3.8, 4) is 6.07 Å². The van der Waals surface area contributed by atoms with Gasteiger partial charge in [-0.2, -0.15) is 5.26 Å². The molecule has 0 unspecified atom stereocenters. The molecule has 1 fully saturated rings. The lowest BCUT2D eigenvalue weighted by molar-refractivity contribution is 0.0689. The Kier molecular flexibility index (Phi) is 3.82. The number of aromatic nitrogens is 1. The molecule has 1 aromatic heterocycles. The molecule has 1 aliphatic rings. The molecule has 5 nitrogen and oxygen atoms in total. The molecule has 0 radical (unpaired) electrons. The third-order valence-corrected chi connectivity index (χ3v) is 3.46. The minimum absolute atomic E-state index is 0.0672. The van der Waals surface area contributed by atoms with Crippen LogP contribution in [0.15, 0.2) is 18.2 Å². The zero-order valence-corrected chi connectivity index (χ0v) is 11.0. The van der Waals surface area contributed by atoms with Gasteiger partial charge < -0.3 is 5.11 Å². The molecule has 19 heavy (non-hydrogen) atoms. The Morgan fingerprint density at radius 1 is 1.63 bits per heavy atom. The number of carbonyl (C=O) groups is 1. The summed E-state index contributed by atoms with van der Waals surface area (Å²) in [6.45, 7) is 4.21. The van der Waals surface area contributed by atoms with E-state index in [4.69, 9.17) is 5.11 Å². The Morgan fingerprint density at radius 3 is 3.11 bits per heavy atom. The van der Waals surface area contributed by atoms with E-state index in [0.717, 1.165) is 25.1 Å². The van der Waals surface area contributed by atoms with Gasteiger partial charge in [-0.25, -0.2) is 9.78 Å². The molecule has 1 aromatic rings. The maximum Gasteiger partial charge on any atom is 0.354 e. The third kappa shape index (κ3) is 3.30. The zero-order chi connectivity index (χ0) is 13.9. The summed E-state index contributed by atoms with van der Waals surface area (Å²) in [7, 11) is 0. The molecule has 1 atom stereocenters. The number of piperidine rings is 1. The number of aromatic carboxylic acids is 1. The van der Waals surface area contributed by atoms with Crippen molar-refractivity contribution in [2.24, 2.45) is 5.41 Å². The van der Waals surface area contributed by atoms with Gasteiger partial charge in [0.25, 0.3) is 0 Å². The van der Waals surface area contributed by atoms with Crippen molar-refractivity contribution < 1.29 is 9.90 Å². The fourth-order valence-corrected chi connectivity index (χ4v) is 2.49. The highest BCUT2D eigenvalue weighted by molar-refractivity contribution is 5.85. The highest BCUT2D eigenvalue weighted by atomic mass is 16.4. The predicted octanol–water partition coefficient (Wildman–Crippen LogP) is 1.91. The van der Waals surface area contributed by atoms with Crippen LogP contribution in [0, 0.1) is 16.7 Å². The fourth-order valence-electron chi connectivity index (χ4n) is 2.49. The topological polar surface area (TPSA) is 77.2 Å². The van der Waals surface area contributed by atoms with Crippen LogP contribution in [0.5, 0.6) is 0 Å². The Labute approximate surface area is 112 Å². The minimum Gasteiger partial charge on any atom is -0.477 e. The summed E-state index contributed by atoms with van der Waals surface area (Å²) in [4.78, 5) is 17.2. The third-order valence-electron chi connectivity index (χ3n) is 3.46. The van der Waals surface area contributed by atoms with Crippen molar-refractivity contribution in [2.75, 3.05) is 13.1 Å². The summed E-state index contributed by atoms with van der Waals surface area (Å²) in [5.74, 6) is -1.01. The van der Waals surface area contributed by atoms with Crippen molar-refractivity contribution in [1.82, 2.24) is 9.88 Å². The number of pyridine rings is 1. The summed E-state index contributed by atoms with van der Waals surface area (Å²) in [5, 5.41) is 18.1. The molecule has 5 heteroatoms. The van der Waals surface area contributed by atoms with E-state index in [1.165, 1.54) is 6.07 Å². The van der Waals surface area contributed by atoms with Crippen molar-refractivity contribution in [3.05, 3.63) is 29.6 Å². The SMILES string of the molecule is C[C@]1(C#N)CCCN(Cc2cccc(C(=O)O)n2)C1. The van der Waals surface area contributed by atoms with Gasteiger partial charge in [0, 0.05) is 13.1 Å². The van der Waals surface area contributed by atoms with Gasteiger partial charge in [0.15, 0.2) is 0 Å². The Morgan fingerprint density at radius 2 is 2.42 bits per heavy atom. The van der Waals surface area contributed by atoms with Gasteiger partial charge in [-0.3, -0.25) is 4.90 Å². The van der Waals surface area contributed by atoms with E-state index in [1.54, 1.807) is 6.07 Å². The van der Waals surface area contributed by atoms with Crippen LogP contribution in [-0.4, -0.2) is 34.0 Å². The number of carboxylic acid groups (broad SMARTS) is 1. The van der Waals surface area contributed by atoms with Crippen LogP contribution in [0.1, 0.15) is 35.9 Å². The standard InChI is InChI=1S/C14H17N3O2/c1-14(9-15)6-3-7-17(10-14)8-11-4-2-5-12(16-11)13(18)19/h2,4-5H,3,6-8,10H2,1H3,(H,18,19)/t14-/m1/s1. The van der Waals surface area contributed by atoms with E-state index in [1.807, 2.05) is 13.0 Å². The molecule has 0 saturated carbocycles. The maximum atomic E-state index is 10.9. The molecule has 0 spiro atoms. The monoisotopic (exact) mass is 259 g/mol. The summed E-state index contributed by atoms with van der Waals surface area (Å²) in [6.07, 6.45) is 1.91. The van der Waals surface area contributed by atoms with Crippen molar-refractivity contribution in [2.45, 2.75) is 26.3 Å². The van der Waals surface area contributed by atoms with Crippen LogP contribution in [0.4, 0.5) is 0 Å². The van der Waals surface area contributed by atoms with E-state index >= 15 is 0 Å². The Hall–Kier alpha value is -1.93. The van der Waals surface area contributed by atoms with Gasteiger partial charge in [-0.1, -0.05) is 6.07 Å². The van der Waals surface area contributed by atoms with Crippen LogP contribution >= 0.6 is 0 Å². The van der Waals surface area contributed by atoms with Crippen LogP contribution in [-0.2, 0) is 6.54 Å². The molecular weight excluding hydrogens is 242 g/mol. The molecule has 0 aromatic carbocycles. The van der Waals surface area contributed by atoms with Crippen molar-refractivity contribution in [1.29, 1.82) is 5.26 Å². The first-order chi connectivity index (χ1) is 9.02. The first-order valence-corrected chi connectivity index (χ1v) is 6.35. The Balaban J connectivity index is 2.07. The molecule has 1 saturated heterocycles. The highest BCUT2D eigenvalue weighted by Crippen LogP contribution is 2.29. The number of nitrogens with zero attached hydrogens (tertiary/aromatic N) is 3. The van der Waals surface area contributed by atoms with Gasteiger partial charge in [-0.05, 0) is 38.4 Å². The number of carboxylic acids is 1. The fraction of sp³-hybridized carbons (Fsp3) is 0.500. The van der Waals surface area contributed by atoms with Crippen LogP contribution in [0.2, 0.25) is 0 Å². The summed E-state index contributed by atoms with van der Waals surface area (Å²) in [6, 6.07) is 7.39. The first kappa shape index (κ1) is 13.5. The normalized spacial score (nSPS) is 23.8. The second-order valence-corrected chi connectivity index (χ2v) is 5.31. The molecule has 0 bridgehead atoms. The maximum absolute atomic E-state index is 10.9. The van der Waals surface area contributed by atoms with Gasteiger partial charge in [-0.15, -0.1) is 0 Å². The van der Waals surface area contributed by atoms with Crippen molar-refractivity contribution in [3.63, 3.8) is 0 Å². The summed E-state index contributed by atoms with van der Waals surface area (Å²) in [5.41, 5.74) is 0.502. The van der Waals surface area contributed by atoms with Crippen molar-refractivity contribution >= 4 is 5.97 Å². The quantitative estimate of drug-likeness (QED) is 0.897. The van der Waals surface area contributed by atoms with E-state index in [9.17, 15) is 10.1 Å². The van der Waals surface area contributed by atoms with Gasteiger partial charge in [0.05, 0.1) is 17.2 Å². The molecule has 1 N–H and O–H groups in total. The zero-order valence-electron chi connectivity index (χ0n) is 11.0. The van der Waals surface area contributed by atoms with Gasteiger partial charge >= 0.3 is 5.97 Å². The molecule has 2 heterocycles. The van der Waals surface area contributed by atoms with Gasteiger partial charge in [0.2, 0.25) is 0 Å². The largest absolute Gasteiger partial charge is 0.477 e. The van der Waals surface area contributed by atoms with Crippen LogP contribution in [0.25, 0.3) is 0 Å². The highest BCUT2D eigenvalue weighted by Gasteiger charge is 2.30. The van der Waals surface area contributed by atoms with E-state index in [2.05, 4.69) is 16.0 Å². The molecular formula is C14H17N3O2. The smallest absolute Gasteiger partial charge is 0.354 e. The summed E-state index contributed by atoms with van der Waals surface area (Å²) >= 11 is 0. The predicted molar refractivity (Wildman–Crippen MR) is 69.4 cm³/mol. The second-order valence-electron chi connectivity index (χ2n) is 5.31. The molecule has 100 valence electrons. The minimum atomic E-state index is -1.01.